The maximum absolute atomic E-state index is 13.1. The summed E-state index contributed by atoms with van der Waals surface area (Å²) in [6, 6.07) is 23.6. The van der Waals surface area contributed by atoms with E-state index in [1.54, 1.807) is 30.3 Å². The minimum Gasteiger partial charge on any atom is -0.289 e. The van der Waals surface area contributed by atoms with Crippen LogP contribution >= 0.6 is 0 Å². The summed E-state index contributed by atoms with van der Waals surface area (Å²) in [6.07, 6.45) is 3.09. The van der Waals surface area contributed by atoms with Crippen molar-refractivity contribution in [3.63, 3.8) is 0 Å². The lowest BCUT2D eigenvalue weighted by Gasteiger charge is -2.02. The highest BCUT2D eigenvalue weighted by Crippen LogP contribution is 2.19. The monoisotopic (exact) mass is 302 g/mol. The highest BCUT2D eigenvalue weighted by atomic mass is 19.1. The van der Waals surface area contributed by atoms with Crippen molar-refractivity contribution in [2.45, 2.75) is 0 Å². The van der Waals surface area contributed by atoms with Crippen LogP contribution in [0.15, 0.2) is 84.9 Å². The van der Waals surface area contributed by atoms with Crippen molar-refractivity contribution in [2.24, 2.45) is 0 Å². The minimum atomic E-state index is -0.313. The number of carbonyl (C=O) groups is 1. The van der Waals surface area contributed by atoms with Gasteiger partial charge in [-0.05, 0) is 34.9 Å². The summed E-state index contributed by atoms with van der Waals surface area (Å²) in [5.41, 5.74) is 3.45. The van der Waals surface area contributed by atoms with E-state index in [1.807, 2.05) is 42.5 Å². The summed E-state index contributed by atoms with van der Waals surface area (Å²) in [6.45, 7) is 0. The fourth-order valence-corrected chi connectivity index (χ4v) is 2.34. The second kappa shape index (κ2) is 6.84. The van der Waals surface area contributed by atoms with Crippen molar-refractivity contribution in [1.82, 2.24) is 0 Å². The fraction of sp³-hybridized carbons (Fsp3) is 0. The largest absolute Gasteiger partial charge is 0.289 e. The van der Waals surface area contributed by atoms with Gasteiger partial charge < -0.3 is 0 Å². The Balaban J connectivity index is 1.75. The van der Waals surface area contributed by atoms with E-state index in [0.29, 0.717) is 11.1 Å². The van der Waals surface area contributed by atoms with Gasteiger partial charge in [-0.15, -0.1) is 0 Å². The van der Waals surface area contributed by atoms with Crippen LogP contribution in [-0.4, -0.2) is 5.78 Å². The molecule has 0 aliphatic rings. The van der Waals surface area contributed by atoms with E-state index >= 15 is 0 Å². The van der Waals surface area contributed by atoms with Crippen molar-refractivity contribution in [3.05, 3.63) is 102 Å². The number of carbonyl (C=O) groups excluding carboxylic acids is 1. The van der Waals surface area contributed by atoms with E-state index in [9.17, 15) is 9.18 Å². The van der Waals surface area contributed by atoms with Gasteiger partial charge in [0.2, 0.25) is 0 Å². The first kappa shape index (κ1) is 14.9. The van der Waals surface area contributed by atoms with E-state index in [4.69, 9.17) is 0 Å². The lowest BCUT2D eigenvalue weighted by molar-refractivity contribution is 0.104. The molecule has 3 aromatic rings. The molecule has 112 valence electrons. The van der Waals surface area contributed by atoms with Gasteiger partial charge >= 0.3 is 0 Å². The maximum atomic E-state index is 13.1. The first-order valence-electron chi connectivity index (χ1n) is 7.36. The number of halogens is 1. The van der Waals surface area contributed by atoms with Crippen LogP contribution in [0.5, 0.6) is 0 Å². The minimum absolute atomic E-state index is 0.103. The summed E-state index contributed by atoms with van der Waals surface area (Å²) < 4.78 is 13.1. The van der Waals surface area contributed by atoms with Gasteiger partial charge in [0.05, 0.1) is 0 Å². The van der Waals surface area contributed by atoms with E-state index in [0.717, 1.165) is 11.1 Å². The Morgan fingerprint density at radius 2 is 1.48 bits per heavy atom. The summed E-state index contributed by atoms with van der Waals surface area (Å²) in [5, 5.41) is 0. The summed E-state index contributed by atoms with van der Waals surface area (Å²) >= 11 is 0. The quantitative estimate of drug-likeness (QED) is 0.466. The predicted molar refractivity (Wildman–Crippen MR) is 91.6 cm³/mol. The van der Waals surface area contributed by atoms with Crippen LogP contribution in [0.1, 0.15) is 15.9 Å². The molecule has 0 atom stereocenters. The average Bonchev–Trinajstić information content (AvgIpc) is 2.61. The first-order chi connectivity index (χ1) is 11.2. The SMILES string of the molecule is O=C(/C=C/c1cccc(F)c1)c1ccc(-c2ccccc2)cc1. The Hall–Kier alpha value is -3.00. The molecule has 2 heteroatoms. The van der Waals surface area contributed by atoms with Crippen LogP contribution in [0, 0.1) is 5.82 Å². The summed E-state index contributed by atoms with van der Waals surface area (Å²) in [5.74, 6) is -0.416. The Labute approximate surface area is 134 Å². The zero-order chi connectivity index (χ0) is 16.1. The highest BCUT2D eigenvalue weighted by Gasteiger charge is 2.03. The summed E-state index contributed by atoms with van der Waals surface area (Å²) in [4.78, 5) is 12.2. The Kier molecular flexibility index (Phi) is 4.44. The van der Waals surface area contributed by atoms with Gasteiger partial charge in [0.1, 0.15) is 5.82 Å². The smallest absolute Gasteiger partial charge is 0.185 e. The second-order valence-electron chi connectivity index (χ2n) is 5.20. The molecule has 0 aliphatic heterocycles. The standard InChI is InChI=1S/C21H15FO/c22-20-8-4-5-16(15-20)9-14-21(23)19-12-10-18(11-13-19)17-6-2-1-3-7-17/h1-15H/b14-9+. The van der Waals surface area contributed by atoms with Crippen molar-refractivity contribution < 1.29 is 9.18 Å². The number of hydrogen-bond donors (Lipinski definition) is 0. The number of allylic oxidation sites excluding steroid dienone is 1. The van der Waals surface area contributed by atoms with E-state index in [1.165, 1.54) is 18.2 Å². The van der Waals surface area contributed by atoms with Crippen molar-refractivity contribution in [3.8, 4) is 11.1 Å². The maximum Gasteiger partial charge on any atom is 0.185 e. The van der Waals surface area contributed by atoms with Crippen LogP contribution in [0.25, 0.3) is 17.2 Å². The number of benzene rings is 3. The van der Waals surface area contributed by atoms with Gasteiger partial charge in [0.15, 0.2) is 5.78 Å². The van der Waals surface area contributed by atoms with Crippen LogP contribution in [0.4, 0.5) is 4.39 Å². The van der Waals surface area contributed by atoms with Crippen molar-refractivity contribution in [2.75, 3.05) is 0 Å². The third-order valence-electron chi connectivity index (χ3n) is 3.55. The fourth-order valence-electron chi connectivity index (χ4n) is 2.34. The molecule has 0 bridgehead atoms. The molecular formula is C21H15FO. The molecule has 0 spiro atoms. The lowest BCUT2D eigenvalue weighted by atomic mass is 10.0. The molecule has 0 saturated carbocycles. The molecule has 3 rings (SSSR count). The molecule has 0 aromatic heterocycles. The van der Waals surface area contributed by atoms with Crippen molar-refractivity contribution in [1.29, 1.82) is 0 Å². The van der Waals surface area contributed by atoms with Gasteiger partial charge in [-0.3, -0.25) is 4.79 Å². The van der Waals surface area contributed by atoms with Crippen LogP contribution in [0.2, 0.25) is 0 Å². The zero-order valence-electron chi connectivity index (χ0n) is 12.4. The van der Waals surface area contributed by atoms with Gasteiger partial charge in [0, 0.05) is 5.56 Å². The third kappa shape index (κ3) is 3.80. The Morgan fingerprint density at radius 3 is 2.17 bits per heavy atom. The van der Waals surface area contributed by atoms with E-state index < -0.39 is 0 Å². The van der Waals surface area contributed by atoms with Gasteiger partial charge in [-0.2, -0.15) is 0 Å². The number of ketones is 1. The molecule has 0 saturated heterocycles. The van der Waals surface area contributed by atoms with E-state index in [-0.39, 0.29) is 11.6 Å². The molecular weight excluding hydrogens is 287 g/mol. The van der Waals surface area contributed by atoms with Gasteiger partial charge in [-0.1, -0.05) is 72.8 Å². The predicted octanol–water partition coefficient (Wildman–Crippen LogP) is 5.39. The third-order valence-corrected chi connectivity index (χ3v) is 3.55. The lowest BCUT2D eigenvalue weighted by Crippen LogP contribution is -1.93. The molecule has 1 nitrogen and oxygen atoms in total. The molecule has 0 N–H and O–H groups in total. The Bertz CT molecular complexity index is 833. The topological polar surface area (TPSA) is 17.1 Å². The first-order valence-corrected chi connectivity index (χ1v) is 7.36. The second-order valence-corrected chi connectivity index (χ2v) is 5.20. The van der Waals surface area contributed by atoms with Gasteiger partial charge in [-0.25, -0.2) is 4.39 Å². The molecule has 0 fully saturated rings. The molecule has 3 aromatic carbocycles. The zero-order valence-corrected chi connectivity index (χ0v) is 12.4. The molecule has 0 amide bonds. The number of hydrogen-bond acceptors (Lipinski definition) is 1. The van der Waals surface area contributed by atoms with Crippen LogP contribution < -0.4 is 0 Å². The number of rotatable bonds is 4. The van der Waals surface area contributed by atoms with Crippen LogP contribution in [-0.2, 0) is 0 Å². The van der Waals surface area contributed by atoms with Crippen molar-refractivity contribution >= 4 is 11.9 Å². The highest BCUT2D eigenvalue weighted by molar-refractivity contribution is 6.07. The summed E-state index contributed by atoms with van der Waals surface area (Å²) in [7, 11) is 0. The Morgan fingerprint density at radius 1 is 0.783 bits per heavy atom. The van der Waals surface area contributed by atoms with Crippen LogP contribution in [0.3, 0.4) is 0 Å². The van der Waals surface area contributed by atoms with E-state index in [2.05, 4.69) is 0 Å². The molecule has 0 unspecified atom stereocenters. The van der Waals surface area contributed by atoms with Gasteiger partial charge in [0.25, 0.3) is 0 Å². The molecule has 0 radical (unpaired) electrons. The molecule has 23 heavy (non-hydrogen) atoms. The molecule has 0 heterocycles. The average molecular weight is 302 g/mol. The molecule has 0 aliphatic carbocycles. The normalized spacial score (nSPS) is 10.8.